The number of para-hydroxylation sites is 1. The number of nitrogens with one attached hydrogen (secondary N) is 1. The van der Waals surface area contributed by atoms with Gasteiger partial charge in [0.05, 0.1) is 17.4 Å². The lowest BCUT2D eigenvalue weighted by Gasteiger charge is -2.15. The second kappa shape index (κ2) is 7.12. The van der Waals surface area contributed by atoms with E-state index in [4.69, 9.17) is 0 Å². The van der Waals surface area contributed by atoms with Gasteiger partial charge < -0.3 is 9.47 Å². The smallest absolute Gasteiger partial charge is 0.275 e. The van der Waals surface area contributed by atoms with E-state index in [0.29, 0.717) is 18.2 Å². The van der Waals surface area contributed by atoms with Gasteiger partial charge in [0.1, 0.15) is 5.69 Å². The largest absolute Gasteiger partial charge is 0.337 e. The van der Waals surface area contributed by atoms with Gasteiger partial charge in [-0.1, -0.05) is 18.2 Å². The molecule has 3 aromatic heterocycles. The maximum absolute atomic E-state index is 12.9. The highest BCUT2D eigenvalue weighted by molar-refractivity contribution is 6.04. The summed E-state index contributed by atoms with van der Waals surface area (Å²) in [5.41, 5.74) is 3.08. The van der Waals surface area contributed by atoms with Crippen molar-refractivity contribution in [1.82, 2.24) is 34.6 Å². The Hall–Kier alpha value is -3.55. The van der Waals surface area contributed by atoms with Gasteiger partial charge in [-0.3, -0.25) is 14.9 Å². The molecule has 1 aromatic carbocycles. The molecule has 1 amide bonds. The molecule has 1 aliphatic heterocycles. The standard InChI is InChI=1S/C21H21N7O/c1-27-9-7-22-20(27)18-12-23-15(11-24-18)10-14-6-8-28(13-14)21(29)19-16-4-2-3-5-17(16)25-26-19/h2-5,7,9,11-12,14H,6,8,10,13H2,1H3,(H,25,26). The topological polar surface area (TPSA) is 92.6 Å². The monoisotopic (exact) mass is 387 g/mol. The minimum absolute atomic E-state index is 0.0128. The summed E-state index contributed by atoms with van der Waals surface area (Å²) in [4.78, 5) is 28.2. The van der Waals surface area contributed by atoms with Crippen LogP contribution in [-0.2, 0) is 13.5 Å². The molecule has 1 atom stereocenters. The molecule has 4 heterocycles. The molecule has 146 valence electrons. The molecule has 0 spiro atoms. The van der Waals surface area contributed by atoms with E-state index < -0.39 is 0 Å². The normalized spacial score (nSPS) is 16.6. The van der Waals surface area contributed by atoms with Crippen molar-refractivity contribution in [2.24, 2.45) is 13.0 Å². The first kappa shape index (κ1) is 17.5. The Labute approximate surface area is 167 Å². The maximum atomic E-state index is 12.9. The van der Waals surface area contributed by atoms with E-state index in [1.165, 1.54) is 0 Å². The Bertz CT molecular complexity index is 1160. The summed E-state index contributed by atoms with van der Waals surface area (Å²) in [7, 11) is 1.94. The second-order valence-corrected chi connectivity index (χ2v) is 7.48. The maximum Gasteiger partial charge on any atom is 0.275 e. The molecular weight excluding hydrogens is 366 g/mol. The number of aromatic nitrogens is 6. The minimum Gasteiger partial charge on any atom is -0.337 e. The number of imidazole rings is 1. The molecule has 1 fully saturated rings. The first-order valence-electron chi connectivity index (χ1n) is 9.70. The lowest BCUT2D eigenvalue weighted by Crippen LogP contribution is -2.29. The van der Waals surface area contributed by atoms with Crippen LogP contribution in [-0.4, -0.2) is 53.6 Å². The molecule has 8 nitrogen and oxygen atoms in total. The van der Waals surface area contributed by atoms with Crippen molar-refractivity contribution in [1.29, 1.82) is 0 Å². The average Bonchev–Trinajstić information content (AvgIpc) is 3.48. The quantitative estimate of drug-likeness (QED) is 0.581. The van der Waals surface area contributed by atoms with Gasteiger partial charge in [0.25, 0.3) is 5.91 Å². The molecule has 1 saturated heterocycles. The number of rotatable bonds is 4. The molecule has 4 aromatic rings. The zero-order valence-corrected chi connectivity index (χ0v) is 16.1. The summed E-state index contributed by atoms with van der Waals surface area (Å²) in [6.07, 6.45) is 8.98. The number of hydrogen-bond acceptors (Lipinski definition) is 5. The fourth-order valence-electron chi connectivity index (χ4n) is 3.94. The SMILES string of the molecule is Cn1ccnc1-c1cnc(CC2CCN(C(=O)c3n[nH]c4ccccc34)C2)cn1. The summed E-state index contributed by atoms with van der Waals surface area (Å²) in [5, 5.41) is 8.06. The third-order valence-corrected chi connectivity index (χ3v) is 5.50. The van der Waals surface area contributed by atoms with Crippen molar-refractivity contribution >= 4 is 16.8 Å². The Kier molecular flexibility index (Phi) is 4.31. The number of benzene rings is 1. The molecular formula is C21H21N7O. The van der Waals surface area contributed by atoms with Crippen LogP contribution in [0, 0.1) is 5.92 Å². The lowest BCUT2D eigenvalue weighted by atomic mass is 10.0. The van der Waals surface area contributed by atoms with Crippen LogP contribution in [0.25, 0.3) is 22.4 Å². The zero-order valence-electron chi connectivity index (χ0n) is 16.1. The van der Waals surface area contributed by atoms with Crippen molar-refractivity contribution < 1.29 is 4.79 Å². The van der Waals surface area contributed by atoms with Gasteiger partial charge in [-0.05, 0) is 24.8 Å². The molecule has 1 N–H and O–H groups in total. The predicted molar refractivity (Wildman–Crippen MR) is 108 cm³/mol. The molecule has 5 rings (SSSR count). The molecule has 0 bridgehead atoms. The highest BCUT2D eigenvalue weighted by Crippen LogP contribution is 2.24. The Morgan fingerprint density at radius 1 is 1.21 bits per heavy atom. The highest BCUT2D eigenvalue weighted by Gasteiger charge is 2.29. The predicted octanol–water partition coefficient (Wildman–Crippen LogP) is 2.46. The number of carbonyl (C=O) groups is 1. The number of aryl methyl sites for hydroxylation is 1. The molecule has 0 radical (unpaired) electrons. The van der Waals surface area contributed by atoms with Crippen molar-refractivity contribution in [2.45, 2.75) is 12.8 Å². The number of aromatic amines is 1. The average molecular weight is 387 g/mol. The summed E-state index contributed by atoms with van der Waals surface area (Å²) in [5.74, 6) is 1.16. The molecule has 1 unspecified atom stereocenters. The van der Waals surface area contributed by atoms with Crippen molar-refractivity contribution in [3.05, 3.63) is 60.4 Å². The number of amides is 1. The van der Waals surface area contributed by atoms with Gasteiger partial charge in [-0.2, -0.15) is 5.10 Å². The van der Waals surface area contributed by atoms with E-state index in [1.54, 1.807) is 12.4 Å². The molecule has 8 heteroatoms. The molecule has 1 aliphatic rings. The van der Waals surface area contributed by atoms with Gasteiger partial charge in [0.2, 0.25) is 0 Å². The first-order chi connectivity index (χ1) is 14.2. The van der Waals surface area contributed by atoms with E-state index in [9.17, 15) is 4.79 Å². The lowest BCUT2D eigenvalue weighted by molar-refractivity contribution is 0.0783. The van der Waals surface area contributed by atoms with Crippen LogP contribution in [0.4, 0.5) is 0 Å². The number of H-pyrrole nitrogens is 1. The van der Waals surface area contributed by atoms with Crippen LogP contribution >= 0.6 is 0 Å². The Balaban J connectivity index is 1.25. The molecule has 0 saturated carbocycles. The number of hydrogen-bond donors (Lipinski definition) is 1. The highest BCUT2D eigenvalue weighted by atomic mass is 16.2. The Morgan fingerprint density at radius 2 is 2.10 bits per heavy atom. The van der Waals surface area contributed by atoms with Gasteiger partial charge in [-0.15, -0.1) is 0 Å². The van der Waals surface area contributed by atoms with E-state index in [-0.39, 0.29) is 5.91 Å². The van der Waals surface area contributed by atoms with Crippen LogP contribution in [0.3, 0.4) is 0 Å². The van der Waals surface area contributed by atoms with Crippen molar-refractivity contribution in [2.75, 3.05) is 13.1 Å². The molecule has 0 aliphatic carbocycles. The van der Waals surface area contributed by atoms with Crippen LogP contribution < -0.4 is 0 Å². The van der Waals surface area contributed by atoms with Gasteiger partial charge in [0.15, 0.2) is 11.5 Å². The Morgan fingerprint density at radius 3 is 2.90 bits per heavy atom. The number of fused-ring (bicyclic) bond motifs is 1. The number of nitrogens with zero attached hydrogens (tertiary/aromatic N) is 6. The zero-order chi connectivity index (χ0) is 19.8. The van der Waals surface area contributed by atoms with E-state index in [2.05, 4.69) is 25.1 Å². The van der Waals surface area contributed by atoms with Crippen LogP contribution in [0.15, 0.2) is 49.1 Å². The second-order valence-electron chi connectivity index (χ2n) is 7.48. The third-order valence-electron chi connectivity index (χ3n) is 5.50. The van der Waals surface area contributed by atoms with Crippen LogP contribution in [0.2, 0.25) is 0 Å². The minimum atomic E-state index is -0.0128. The van der Waals surface area contributed by atoms with Gasteiger partial charge in [-0.25, -0.2) is 9.97 Å². The number of likely N-dealkylation sites (tertiary alicyclic amines) is 1. The summed E-state index contributed by atoms with van der Waals surface area (Å²) < 4.78 is 1.92. The van der Waals surface area contributed by atoms with Crippen molar-refractivity contribution in [3.63, 3.8) is 0 Å². The summed E-state index contributed by atoms with van der Waals surface area (Å²) >= 11 is 0. The van der Waals surface area contributed by atoms with Crippen LogP contribution in [0.5, 0.6) is 0 Å². The number of carbonyl (C=O) groups excluding carboxylic acids is 1. The van der Waals surface area contributed by atoms with Gasteiger partial charge >= 0.3 is 0 Å². The van der Waals surface area contributed by atoms with Crippen molar-refractivity contribution in [3.8, 4) is 11.5 Å². The first-order valence-corrected chi connectivity index (χ1v) is 9.70. The van der Waals surface area contributed by atoms with E-state index in [1.807, 2.05) is 53.2 Å². The van der Waals surface area contributed by atoms with Crippen LogP contribution in [0.1, 0.15) is 22.6 Å². The van der Waals surface area contributed by atoms with Gasteiger partial charge in [0, 0.05) is 44.1 Å². The third kappa shape index (κ3) is 3.26. The fourth-order valence-corrected chi connectivity index (χ4v) is 3.94. The summed E-state index contributed by atoms with van der Waals surface area (Å²) in [6.45, 7) is 1.45. The fraction of sp³-hybridized carbons (Fsp3) is 0.286. The van der Waals surface area contributed by atoms with E-state index >= 15 is 0 Å². The summed E-state index contributed by atoms with van der Waals surface area (Å²) in [6, 6.07) is 7.72. The van der Waals surface area contributed by atoms with E-state index in [0.717, 1.165) is 47.5 Å². The molecule has 29 heavy (non-hydrogen) atoms.